The van der Waals surface area contributed by atoms with Crippen LogP contribution in [0.2, 0.25) is 0 Å². The molecular weight excluding hydrogens is 322 g/mol. The highest BCUT2D eigenvalue weighted by Gasteiger charge is 2.20. The Morgan fingerprint density at radius 1 is 1.55 bits per heavy atom. The summed E-state index contributed by atoms with van der Waals surface area (Å²) in [5, 5.41) is 2.96. The van der Waals surface area contributed by atoms with Crippen LogP contribution in [0.5, 0.6) is 0 Å². The Kier molecular flexibility index (Phi) is 6.95. The summed E-state index contributed by atoms with van der Waals surface area (Å²) in [6.07, 6.45) is 1.67. The first kappa shape index (κ1) is 16.9. The second-order valence-electron chi connectivity index (χ2n) is 4.94. The van der Waals surface area contributed by atoms with Gasteiger partial charge in [-0.1, -0.05) is 13.8 Å². The Morgan fingerprint density at radius 3 is 2.80 bits per heavy atom. The molecule has 0 saturated heterocycles. The van der Waals surface area contributed by atoms with E-state index in [1.807, 2.05) is 0 Å². The van der Waals surface area contributed by atoms with Crippen molar-refractivity contribution >= 4 is 27.7 Å². The molecule has 1 aromatic heterocycles. The zero-order valence-corrected chi connectivity index (χ0v) is 14.0. The van der Waals surface area contributed by atoms with Gasteiger partial charge in [0.1, 0.15) is 5.82 Å². The zero-order valence-electron chi connectivity index (χ0n) is 12.4. The van der Waals surface area contributed by atoms with Gasteiger partial charge in [-0.05, 0) is 27.9 Å². The topological polar surface area (TPSA) is 54.5 Å². The van der Waals surface area contributed by atoms with Crippen molar-refractivity contribution in [3.63, 3.8) is 0 Å². The maximum Gasteiger partial charge on any atom is 0.257 e. The Bertz CT molecular complexity index is 452. The highest BCUT2D eigenvalue weighted by Crippen LogP contribution is 2.20. The third-order valence-electron chi connectivity index (χ3n) is 2.76. The van der Waals surface area contributed by atoms with E-state index >= 15 is 0 Å². The molecule has 0 radical (unpaired) electrons. The molecule has 5 nitrogen and oxygen atoms in total. The Balaban J connectivity index is 3.00. The molecule has 112 valence electrons. The molecule has 0 aliphatic carbocycles. The lowest BCUT2D eigenvalue weighted by molar-refractivity contribution is 0.0673. The molecule has 0 atom stereocenters. The van der Waals surface area contributed by atoms with Crippen molar-refractivity contribution in [3.8, 4) is 0 Å². The van der Waals surface area contributed by atoms with Crippen molar-refractivity contribution in [2.75, 3.05) is 39.2 Å². The standard InChI is InChI=1S/C14H22BrN3O2/c1-10(2)9-18(5-6-20-4)14(19)12-7-11(15)8-17-13(12)16-3/h7-8,10H,5-6,9H2,1-4H3,(H,16,17). The molecule has 0 spiro atoms. The molecule has 0 unspecified atom stereocenters. The molecule has 1 amide bonds. The van der Waals surface area contributed by atoms with Crippen LogP contribution in [0.15, 0.2) is 16.7 Å². The average molecular weight is 344 g/mol. The predicted octanol–water partition coefficient (Wildman–Crippen LogP) is 2.63. The summed E-state index contributed by atoms with van der Waals surface area (Å²) < 4.78 is 5.87. The summed E-state index contributed by atoms with van der Waals surface area (Å²) in [7, 11) is 3.40. The number of methoxy groups -OCH3 is 1. The van der Waals surface area contributed by atoms with Crippen LogP contribution in [-0.4, -0.2) is 49.6 Å². The van der Waals surface area contributed by atoms with Crippen molar-refractivity contribution in [3.05, 3.63) is 22.3 Å². The Labute approximate surface area is 128 Å². The molecule has 6 heteroatoms. The lowest BCUT2D eigenvalue weighted by Gasteiger charge is -2.25. The van der Waals surface area contributed by atoms with E-state index in [9.17, 15) is 4.79 Å². The average Bonchev–Trinajstić information content (AvgIpc) is 2.42. The number of anilines is 1. The van der Waals surface area contributed by atoms with Crippen molar-refractivity contribution in [2.24, 2.45) is 5.92 Å². The lowest BCUT2D eigenvalue weighted by atomic mass is 10.1. The van der Waals surface area contributed by atoms with Gasteiger partial charge in [0.2, 0.25) is 0 Å². The molecule has 20 heavy (non-hydrogen) atoms. The van der Waals surface area contributed by atoms with Crippen LogP contribution in [0.4, 0.5) is 5.82 Å². The number of pyridine rings is 1. The quantitative estimate of drug-likeness (QED) is 0.826. The highest BCUT2D eigenvalue weighted by atomic mass is 79.9. The second-order valence-corrected chi connectivity index (χ2v) is 5.85. The van der Waals surface area contributed by atoms with Gasteiger partial charge in [0, 0.05) is 37.9 Å². The molecule has 0 aromatic carbocycles. The first-order valence-corrected chi connectivity index (χ1v) is 7.40. The molecule has 1 heterocycles. The number of nitrogens with one attached hydrogen (secondary N) is 1. The van der Waals surface area contributed by atoms with Gasteiger partial charge in [-0.25, -0.2) is 4.98 Å². The molecule has 0 aliphatic rings. The number of hydrogen-bond donors (Lipinski definition) is 1. The Hall–Kier alpha value is -1.14. The summed E-state index contributed by atoms with van der Waals surface area (Å²) in [4.78, 5) is 18.7. The number of aromatic nitrogens is 1. The number of amides is 1. The number of carbonyl (C=O) groups is 1. The van der Waals surface area contributed by atoms with Crippen LogP contribution < -0.4 is 5.32 Å². The third kappa shape index (κ3) is 4.76. The normalized spacial score (nSPS) is 10.7. The van der Waals surface area contributed by atoms with Gasteiger partial charge in [-0.3, -0.25) is 4.79 Å². The minimum Gasteiger partial charge on any atom is -0.383 e. The van der Waals surface area contributed by atoms with Crippen molar-refractivity contribution in [1.82, 2.24) is 9.88 Å². The number of hydrogen-bond acceptors (Lipinski definition) is 4. The van der Waals surface area contributed by atoms with Crippen LogP contribution in [0, 0.1) is 5.92 Å². The van der Waals surface area contributed by atoms with Gasteiger partial charge >= 0.3 is 0 Å². The van der Waals surface area contributed by atoms with E-state index in [4.69, 9.17) is 4.74 Å². The molecule has 1 rings (SSSR count). The summed E-state index contributed by atoms with van der Waals surface area (Å²) in [5.41, 5.74) is 0.568. The van der Waals surface area contributed by atoms with Crippen molar-refractivity contribution < 1.29 is 9.53 Å². The first-order valence-electron chi connectivity index (χ1n) is 6.61. The Morgan fingerprint density at radius 2 is 2.25 bits per heavy atom. The van der Waals surface area contributed by atoms with Gasteiger partial charge in [-0.2, -0.15) is 0 Å². The SMILES string of the molecule is CNc1ncc(Br)cc1C(=O)N(CCOC)CC(C)C. The molecular formula is C14H22BrN3O2. The van der Waals surface area contributed by atoms with E-state index < -0.39 is 0 Å². The van der Waals surface area contributed by atoms with Crippen LogP contribution in [-0.2, 0) is 4.74 Å². The van der Waals surface area contributed by atoms with E-state index in [1.54, 1.807) is 31.3 Å². The molecule has 1 N–H and O–H groups in total. The van der Waals surface area contributed by atoms with Crippen LogP contribution >= 0.6 is 15.9 Å². The summed E-state index contributed by atoms with van der Waals surface area (Å²) in [6.45, 7) is 5.96. The number of rotatable bonds is 7. The van der Waals surface area contributed by atoms with E-state index in [-0.39, 0.29) is 5.91 Å². The molecule has 0 saturated carbocycles. The predicted molar refractivity (Wildman–Crippen MR) is 84.1 cm³/mol. The number of ether oxygens (including phenoxy) is 1. The molecule has 1 aromatic rings. The minimum absolute atomic E-state index is 0.0334. The van der Waals surface area contributed by atoms with E-state index in [0.29, 0.717) is 37.0 Å². The monoisotopic (exact) mass is 343 g/mol. The van der Waals surface area contributed by atoms with Gasteiger partial charge in [0.25, 0.3) is 5.91 Å². The van der Waals surface area contributed by atoms with Gasteiger partial charge in [-0.15, -0.1) is 0 Å². The van der Waals surface area contributed by atoms with Crippen molar-refractivity contribution in [1.29, 1.82) is 0 Å². The van der Waals surface area contributed by atoms with Crippen LogP contribution in [0.25, 0.3) is 0 Å². The van der Waals surface area contributed by atoms with E-state index in [1.165, 1.54) is 0 Å². The highest BCUT2D eigenvalue weighted by molar-refractivity contribution is 9.10. The minimum atomic E-state index is -0.0334. The fraction of sp³-hybridized carbons (Fsp3) is 0.571. The fourth-order valence-electron chi connectivity index (χ4n) is 1.89. The number of carbonyl (C=O) groups excluding carboxylic acids is 1. The lowest BCUT2D eigenvalue weighted by Crippen LogP contribution is -2.37. The van der Waals surface area contributed by atoms with Crippen LogP contribution in [0.3, 0.4) is 0 Å². The number of nitrogens with zero attached hydrogens (tertiary/aromatic N) is 2. The fourth-order valence-corrected chi connectivity index (χ4v) is 2.22. The van der Waals surface area contributed by atoms with Crippen molar-refractivity contribution in [2.45, 2.75) is 13.8 Å². The molecule has 0 fully saturated rings. The van der Waals surface area contributed by atoms with E-state index in [0.717, 1.165) is 4.47 Å². The first-order chi connectivity index (χ1) is 9.49. The third-order valence-corrected chi connectivity index (χ3v) is 3.19. The van der Waals surface area contributed by atoms with Gasteiger partial charge in [0.15, 0.2) is 0 Å². The maximum absolute atomic E-state index is 12.7. The number of halogens is 1. The van der Waals surface area contributed by atoms with Gasteiger partial charge < -0.3 is 15.0 Å². The summed E-state index contributed by atoms with van der Waals surface area (Å²) >= 11 is 3.36. The van der Waals surface area contributed by atoms with E-state index in [2.05, 4.69) is 40.1 Å². The molecule has 0 aliphatic heterocycles. The summed E-state index contributed by atoms with van der Waals surface area (Å²) in [5.74, 6) is 0.951. The second kappa shape index (κ2) is 8.21. The smallest absolute Gasteiger partial charge is 0.257 e. The largest absolute Gasteiger partial charge is 0.383 e. The van der Waals surface area contributed by atoms with Crippen LogP contribution in [0.1, 0.15) is 24.2 Å². The maximum atomic E-state index is 12.7. The summed E-state index contributed by atoms with van der Waals surface area (Å²) in [6, 6.07) is 1.79. The molecule has 0 bridgehead atoms. The zero-order chi connectivity index (χ0) is 15.1. The van der Waals surface area contributed by atoms with Gasteiger partial charge in [0.05, 0.1) is 12.2 Å².